The molecule has 1 unspecified atom stereocenters. The molecule has 0 aliphatic carbocycles. The van der Waals surface area contributed by atoms with Crippen molar-refractivity contribution < 1.29 is 32.6 Å². The number of alkyl halides is 3. The summed E-state index contributed by atoms with van der Waals surface area (Å²) in [4.78, 5) is 30.0. The van der Waals surface area contributed by atoms with E-state index in [0.29, 0.717) is 36.5 Å². The van der Waals surface area contributed by atoms with Crippen LogP contribution in [0.25, 0.3) is 0 Å². The van der Waals surface area contributed by atoms with Crippen molar-refractivity contribution in [2.45, 2.75) is 49.7 Å². The molecule has 224 valence electrons. The van der Waals surface area contributed by atoms with E-state index in [1.165, 1.54) is 11.0 Å². The van der Waals surface area contributed by atoms with Crippen LogP contribution in [0, 0.1) is 0 Å². The van der Waals surface area contributed by atoms with Crippen LogP contribution < -0.4 is 4.90 Å². The Labute approximate surface area is 251 Å². The maximum atomic E-state index is 14.1. The first-order valence-electron chi connectivity index (χ1n) is 13.2. The molecule has 2 fully saturated rings. The highest BCUT2D eigenvalue weighted by Gasteiger charge is 2.62. The van der Waals surface area contributed by atoms with Gasteiger partial charge in [-0.15, -0.1) is 0 Å². The predicted molar refractivity (Wildman–Crippen MR) is 152 cm³/mol. The number of ether oxygens (including phenoxy) is 1. The molecule has 2 aliphatic heterocycles. The van der Waals surface area contributed by atoms with Crippen LogP contribution in [0.5, 0.6) is 0 Å². The summed E-state index contributed by atoms with van der Waals surface area (Å²) in [5.41, 5.74) is -3.15. The van der Waals surface area contributed by atoms with Crippen molar-refractivity contribution in [2.24, 2.45) is 0 Å². The summed E-state index contributed by atoms with van der Waals surface area (Å²) >= 11 is 18.1. The van der Waals surface area contributed by atoms with E-state index in [-0.39, 0.29) is 41.2 Å². The minimum absolute atomic E-state index is 0.00551. The molecule has 1 N–H and O–H groups in total. The molecule has 0 saturated carbocycles. The summed E-state index contributed by atoms with van der Waals surface area (Å²) in [6.07, 6.45) is -3.39. The number of hydrogen-bond acceptors (Lipinski definition) is 5. The largest absolute Gasteiger partial charge is 0.430 e. The second kappa shape index (κ2) is 12.6. The van der Waals surface area contributed by atoms with Crippen molar-refractivity contribution in [1.29, 1.82) is 0 Å². The summed E-state index contributed by atoms with van der Waals surface area (Å²) in [5.74, 6) is -1.63. The third-order valence-electron chi connectivity index (χ3n) is 7.51. The zero-order chi connectivity index (χ0) is 30.1. The van der Waals surface area contributed by atoms with Crippen molar-refractivity contribution in [3.8, 4) is 0 Å². The fourth-order valence-corrected chi connectivity index (χ4v) is 6.01. The van der Waals surface area contributed by atoms with Crippen molar-refractivity contribution in [3.05, 3.63) is 62.6 Å². The van der Waals surface area contributed by atoms with E-state index < -0.39 is 23.2 Å². The number of anilines is 1. The van der Waals surface area contributed by atoms with Gasteiger partial charge in [0.05, 0.1) is 22.8 Å². The van der Waals surface area contributed by atoms with Gasteiger partial charge in [0.1, 0.15) is 0 Å². The number of nitrogens with zero attached hydrogens (tertiary/aromatic N) is 3. The van der Waals surface area contributed by atoms with Gasteiger partial charge in [-0.2, -0.15) is 13.2 Å². The molecule has 0 radical (unpaired) electrons. The lowest BCUT2D eigenvalue weighted by Gasteiger charge is -2.40. The molecule has 2 aromatic rings. The van der Waals surface area contributed by atoms with Gasteiger partial charge >= 0.3 is 6.18 Å². The van der Waals surface area contributed by atoms with Crippen LogP contribution >= 0.6 is 34.8 Å². The summed E-state index contributed by atoms with van der Waals surface area (Å²) in [7, 11) is 3.33. The topological polar surface area (TPSA) is 73.3 Å². The number of carbonyl (C=O) groups is 2. The van der Waals surface area contributed by atoms with Crippen molar-refractivity contribution in [3.63, 3.8) is 0 Å². The predicted octanol–water partition coefficient (Wildman–Crippen LogP) is 5.78. The molecular formula is C28H31Cl3F3N3O4. The molecule has 2 amide bonds. The van der Waals surface area contributed by atoms with Crippen LogP contribution in [0.15, 0.2) is 36.4 Å². The molecule has 2 aliphatic rings. The van der Waals surface area contributed by atoms with Crippen LogP contribution in [-0.2, 0) is 15.1 Å². The van der Waals surface area contributed by atoms with Crippen LogP contribution in [0.4, 0.5) is 18.9 Å². The average molecular weight is 637 g/mol. The Morgan fingerprint density at radius 3 is 1.93 bits per heavy atom. The number of halogens is 6. The Balaban J connectivity index is 1.32. The maximum Gasteiger partial charge on any atom is 0.430 e. The lowest BCUT2D eigenvalue weighted by Crippen LogP contribution is -2.57. The molecule has 0 bridgehead atoms. The zero-order valence-corrected chi connectivity index (χ0v) is 24.8. The van der Waals surface area contributed by atoms with E-state index >= 15 is 0 Å². The van der Waals surface area contributed by atoms with Gasteiger partial charge in [-0.3, -0.25) is 9.59 Å². The normalized spacial score (nSPS) is 18.8. The molecule has 2 aromatic carbocycles. The highest BCUT2D eigenvalue weighted by Crippen LogP contribution is 2.42. The van der Waals surface area contributed by atoms with Crippen molar-refractivity contribution in [1.82, 2.24) is 9.80 Å². The maximum absolute atomic E-state index is 14.1. The highest BCUT2D eigenvalue weighted by atomic mass is 35.5. The number of aliphatic hydroxyl groups is 1. The third-order valence-corrected chi connectivity index (χ3v) is 8.26. The summed E-state index contributed by atoms with van der Waals surface area (Å²) in [5, 5.41) is 10.9. The summed E-state index contributed by atoms with van der Waals surface area (Å²) in [6.45, 7) is 1.43. The number of likely N-dealkylation sites (tertiary alicyclic amines) is 1. The Morgan fingerprint density at radius 1 is 0.902 bits per heavy atom. The van der Waals surface area contributed by atoms with Gasteiger partial charge in [-0.25, -0.2) is 0 Å². The van der Waals surface area contributed by atoms with Gasteiger partial charge in [0.15, 0.2) is 0 Å². The lowest BCUT2D eigenvalue weighted by molar-refractivity contribution is -0.262. The smallest absolute Gasteiger partial charge is 0.375 e. The van der Waals surface area contributed by atoms with Crippen molar-refractivity contribution >= 4 is 52.3 Å². The molecule has 1 atom stereocenters. The number of carbonyl (C=O) groups excluding carboxylic acids is 2. The summed E-state index contributed by atoms with van der Waals surface area (Å²) in [6, 6.07) is 8.39. The lowest BCUT2D eigenvalue weighted by atomic mass is 9.90. The fraction of sp³-hybridized carbons (Fsp3) is 0.500. The minimum atomic E-state index is -5.29. The van der Waals surface area contributed by atoms with Crippen molar-refractivity contribution in [2.75, 3.05) is 45.2 Å². The molecule has 2 saturated heterocycles. The quantitative estimate of drug-likeness (QED) is 0.436. The van der Waals surface area contributed by atoms with E-state index in [9.17, 15) is 27.9 Å². The number of hydrogen-bond donors (Lipinski definition) is 1. The number of rotatable bonds is 6. The number of amides is 2. The van der Waals surface area contributed by atoms with Crippen LogP contribution in [-0.4, -0.2) is 85.4 Å². The second-order valence-corrected chi connectivity index (χ2v) is 11.8. The first-order valence-corrected chi connectivity index (χ1v) is 14.3. The van der Waals surface area contributed by atoms with E-state index in [2.05, 4.69) is 4.90 Å². The molecule has 0 spiro atoms. The van der Waals surface area contributed by atoms with Crippen LogP contribution in [0.1, 0.15) is 41.6 Å². The fourth-order valence-electron chi connectivity index (χ4n) is 5.23. The SMILES string of the molecule is CN(C)C(=O)c1ccc(N2CCC(OC3CCN(C(=O)C(O)(c4cc(Cl)cc(Cl)c4)C(F)(F)F)CC3)CC2)cc1Cl. The molecule has 0 aromatic heterocycles. The molecule has 41 heavy (non-hydrogen) atoms. The van der Waals surface area contributed by atoms with Crippen LogP contribution in [0.3, 0.4) is 0 Å². The van der Waals surface area contributed by atoms with Gasteiger partial charge in [0, 0.05) is 61.6 Å². The van der Waals surface area contributed by atoms with E-state index in [4.69, 9.17) is 39.5 Å². The van der Waals surface area contributed by atoms with Gasteiger partial charge in [0.2, 0.25) is 0 Å². The summed E-state index contributed by atoms with van der Waals surface area (Å²) < 4.78 is 48.5. The Kier molecular flexibility index (Phi) is 9.70. The first-order chi connectivity index (χ1) is 19.2. The number of benzene rings is 2. The Bertz CT molecular complexity index is 1260. The zero-order valence-electron chi connectivity index (χ0n) is 22.6. The van der Waals surface area contributed by atoms with Gasteiger partial charge in [-0.1, -0.05) is 34.8 Å². The Morgan fingerprint density at radius 2 is 1.44 bits per heavy atom. The van der Waals surface area contributed by atoms with Crippen LogP contribution in [0.2, 0.25) is 15.1 Å². The van der Waals surface area contributed by atoms with Gasteiger partial charge in [0.25, 0.3) is 17.4 Å². The first kappa shape index (κ1) is 31.7. The highest BCUT2D eigenvalue weighted by molar-refractivity contribution is 6.35. The van der Waals surface area contributed by atoms with E-state index in [0.717, 1.165) is 35.6 Å². The minimum Gasteiger partial charge on any atom is -0.375 e. The molecular weight excluding hydrogens is 606 g/mol. The Hall–Kier alpha value is -2.24. The standard InChI is InChI=1S/C28H31Cl3F3N3O4/c1-35(2)25(38)23-4-3-20(16-24(23)31)36-9-5-21(6-10-36)41-22-7-11-37(12-8-22)26(39)27(40,28(32,33)34)17-13-18(29)15-19(30)14-17/h3-4,13-16,21-22,40H,5-12H2,1-2H3. The average Bonchev–Trinajstić information content (AvgIpc) is 2.91. The third kappa shape index (κ3) is 6.88. The van der Waals surface area contributed by atoms with E-state index in [1.54, 1.807) is 26.2 Å². The monoisotopic (exact) mass is 635 g/mol. The molecule has 13 heteroatoms. The molecule has 4 rings (SSSR count). The number of piperidine rings is 2. The molecule has 7 nitrogen and oxygen atoms in total. The van der Waals surface area contributed by atoms with E-state index in [1.807, 2.05) is 6.07 Å². The van der Waals surface area contributed by atoms with Gasteiger partial charge in [-0.05, 0) is 62.1 Å². The second-order valence-electron chi connectivity index (χ2n) is 10.5. The van der Waals surface area contributed by atoms with Gasteiger partial charge < -0.3 is 24.5 Å². The molecule has 2 heterocycles.